The van der Waals surface area contributed by atoms with Crippen molar-refractivity contribution < 1.29 is 5.11 Å². The molecule has 1 aromatic heterocycles. The molecule has 3 N–H and O–H groups in total. The lowest BCUT2D eigenvalue weighted by molar-refractivity contribution is -0.00896. The molecule has 0 aliphatic heterocycles. The van der Waals surface area contributed by atoms with Crippen LogP contribution in [0.25, 0.3) is 0 Å². The predicted molar refractivity (Wildman–Crippen MR) is 77.8 cm³/mol. The highest BCUT2D eigenvalue weighted by molar-refractivity contribution is 5.18. The summed E-state index contributed by atoms with van der Waals surface area (Å²) in [6.07, 6.45) is 7.99. The van der Waals surface area contributed by atoms with Crippen molar-refractivity contribution in [2.45, 2.75) is 51.6 Å². The summed E-state index contributed by atoms with van der Waals surface area (Å²) in [5.74, 6) is 0.355. The maximum atomic E-state index is 10.8. The minimum Gasteiger partial charge on any atom is -0.392 e. The fourth-order valence-corrected chi connectivity index (χ4v) is 3.52. The van der Waals surface area contributed by atoms with E-state index in [1.54, 1.807) is 12.4 Å². The van der Waals surface area contributed by atoms with Crippen LogP contribution < -0.4 is 5.73 Å². The van der Waals surface area contributed by atoms with Crippen molar-refractivity contribution in [3.05, 3.63) is 30.1 Å². The Hall–Kier alpha value is -0.930. The monoisotopic (exact) mass is 262 g/mol. The van der Waals surface area contributed by atoms with Gasteiger partial charge in [0.2, 0.25) is 0 Å². The minimum absolute atomic E-state index is 0.0189. The number of hydrogen-bond donors (Lipinski definition) is 2. The van der Waals surface area contributed by atoms with Crippen LogP contribution in [0.2, 0.25) is 0 Å². The largest absolute Gasteiger partial charge is 0.392 e. The number of aliphatic hydroxyl groups is 1. The van der Waals surface area contributed by atoms with Gasteiger partial charge >= 0.3 is 0 Å². The zero-order chi connectivity index (χ0) is 13.9. The molecule has 0 aromatic carbocycles. The summed E-state index contributed by atoms with van der Waals surface area (Å²) >= 11 is 0. The summed E-state index contributed by atoms with van der Waals surface area (Å²) in [5, 5.41) is 10.8. The van der Waals surface area contributed by atoms with Crippen molar-refractivity contribution in [3.8, 4) is 0 Å². The topological polar surface area (TPSA) is 59.1 Å². The van der Waals surface area contributed by atoms with Gasteiger partial charge in [-0.3, -0.25) is 4.98 Å². The van der Waals surface area contributed by atoms with E-state index in [1.807, 2.05) is 12.1 Å². The van der Waals surface area contributed by atoms with Gasteiger partial charge in [0.15, 0.2) is 0 Å². The maximum absolute atomic E-state index is 10.8. The fourth-order valence-electron chi connectivity index (χ4n) is 3.52. The van der Waals surface area contributed by atoms with Gasteiger partial charge in [0.25, 0.3) is 0 Å². The first-order chi connectivity index (χ1) is 9.06. The summed E-state index contributed by atoms with van der Waals surface area (Å²) < 4.78 is 0. The average Bonchev–Trinajstić information content (AvgIpc) is 2.40. The molecule has 1 aliphatic carbocycles. The van der Waals surface area contributed by atoms with Crippen LogP contribution in [0, 0.1) is 11.3 Å². The van der Waals surface area contributed by atoms with E-state index < -0.39 is 0 Å². The third-order valence-corrected chi connectivity index (χ3v) is 4.80. The SMILES string of the molecule is CC1(C)CCCCC1C(O)C(CN)c1ccncc1. The Morgan fingerprint density at radius 3 is 2.63 bits per heavy atom. The van der Waals surface area contributed by atoms with Crippen molar-refractivity contribution in [2.75, 3.05) is 6.54 Å². The molecule has 1 aliphatic rings. The number of aromatic nitrogens is 1. The number of aliphatic hydroxyl groups excluding tert-OH is 1. The van der Waals surface area contributed by atoms with Crippen LogP contribution in [0.5, 0.6) is 0 Å². The molecule has 1 heterocycles. The molecule has 3 nitrogen and oxygen atoms in total. The summed E-state index contributed by atoms with van der Waals surface area (Å²) in [7, 11) is 0. The molecule has 19 heavy (non-hydrogen) atoms. The average molecular weight is 262 g/mol. The van der Waals surface area contributed by atoms with E-state index in [1.165, 1.54) is 19.3 Å². The molecule has 0 amide bonds. The number of nitrogens with two attached hydrogens (primary N) is 1. The first-order valence-corrected chi connectivity index (χ1v) is 7.34. The maximum Gasteiger partial charge on any atom is 0.0654 e. The van der Waals surface area contributed by atoms with Gasteiger partial charge in [-0.05, 0) is 41.9 Å². The second-order valence-corrected chi connectivity index (χ2v) is 6.45. The van der Waals surface area contributed by atoms with Crippen molar-refractivity contribution in [1.29, 1.82) is 0 Å². The Morgan fingerprint density at radius 1 is 1.37 bits per heavy atom. The van der Waals surface area contributed by atoms with Crippen molar-refractivity contribution >= 4 is 0 Å². The molecule has 0 saturated heterocycles. The van der Waals surface area contributed by atoms with Gasteiger partial charge in [0.1, 0.15) is 0 Å². The van der Waals surface area contributed by atoms with E-state index in [9.17, 15) is 5.11 Å². The predicted octanol–water partition coefficient (Wildman–Crippen LogP) is 2.70. The molecule has 0 spiro atoms. The molecule has 2 rings (SSSR count). The van der Waals surface area contributed by atoms with Gasteiger partial charge in [-0.25, -0.2) is 0 Å². The Balaban J connectivity index is 2.18. The molecule has 1 saturated carbocycles. The summed E-state index contributed by atoms with van der Waals surface area (Å²) in [5.41, 5.74) is 7.23. The van der Waals surface area contributed by atoms with Gasteiger partial charge in [-0.15, -0.1) is 0 Å². The van der Waals surface area contributed by atoms with Crippen LogP contribution in [0.15, 0.2) is 24.5 Å². The second-order valence-electron chi connectivity index (χ2n) is 6.45. The molecule has 3 unspecified atom stereocenters. The van der Waals surface area contributed by atoms with Crippen molar-refractivity contribution in [3.63, 3.8) is 0 Å². The van der Waals surface area contributed by atoms with Gasteiger partial charge < -0.3 is 10.8 Å². The first kappa shape index (κ1) is 14.5. The zero-order valence-electron chi connectivity index (χ0n) is 12.0. The van der Waals surface area contributed by atoms with Gasteiger partial charge in [0, 0.05) is 24.9 Å². The Labute approximate surface area is 116 Å². The van der Waals surface area contributed by atoms with Crippen LogP contribution >= 0.6 is 0 Å². The third kappa shape index (κ3) is 3.15. The third-order valence-electron chi connectivity index (χ3n) is 4.80. The van der Waals surface area contributed by atoms with Gasteiger partial charge in [0.05, 0.1) is 6.10 Å². The Kier molecular flexibility index (Phi) is 4.58. The molecule has 3 atom stereocenters. The number of hydrogen-bond acceptors (Lipinski definition) is 3. The molecule has 1 aromatic rings. The molecule has 0 radical (unpaired) electrons. The number of pyridine rings is 1. The highest BCUT2D eigenvalue weighted by Crippen LogP contribution is 2.45. The summed E-state index contributed by atoms with van der Waals surface area (Å²) in [6.45, 7) is 5.04. The second kappa shape index (κ2) is 6.02. The molecular weight excluding hydrogens is 236 g/mol. The van der Waals surface area contributed by atoms with E-state index in [-0.39, 0.29) is 17.4 Å². The minimum atomic E-state index is -0.359. The van der Waals surface area contributed by atoms with E-state index in [4.69, 9.17) is 5.73 Å². The van der Waals surface area contributed by atoms with Crippen LogP contribution in [-0.4, -0.2) is 22.7 Å². The summed E-state index contributed by atoms with van der Waals surface area (Å²) in [6, 6.07) is 3.94. The van der Waals surface area contributed by atoms with E-state index in [0.717, 1.165) is 12.0 Å². The van der Waals surface area contributed by atoms with Crippen LogP contribution in [0.4, 0.5) is 0 Å². The normalized spacial score (nSPS) is 25.8. The van der Waals surface area contributed by atoms with Crippen LogP contribution in [0.3, 0.4) is 0 Å². The van der Waals surface area contributed by atoms with E-state index in [0.29, 0.717) is 12.5 Å². The standard InChI is InChI=1S/C16H26N2O/c1-16(2)8-4-3-5-14(16)15(19)13(11-17)12-6-9-18-10-7-12/h6-7,9-10,13-15,19H,3-5,8,11,17H2,1-2H3. The highest BCUT2D eigenvalue weighted by Gasteiger charge is 2.39. The molecule has 1 fully saturated rings. The van der Waals surface area contributed by atoms with Crippen LogP contribution in [0.1, 0.15) is 51.0 Å². The fraction of sp³-hybridized carbons (Fsp3) is 0.688. The van der Waals surface area contributed by atoms with Crippen molar-refractivity contribution in [2.24, 2.45) is 17.1 Å². The zero-order valence-corrected chi connectivity index (χ0v) is 12.0. The molecule has 3 heteroatoms. The lowest BCUT2D eigenvalue weighted by Crippen LogP contribution is -2.41. The highest BCUT2D eigenvalue weighted by atomic mass is 16.3. The van der Waals surface area contributed by atoms with E-state index >= 15 is 0 Å². The van der Waals surface area contributed by atoms with Gasteiger partial charge in [-0.2, -0.15) is 0 Å². The lowest BCUT2D eigenvalue weighted by Gasteiger charge is -2.43. The molecule has 0 bridgehead atoms. The Bertz CT molecular complexity index is 391. The van der Waals surface area contributed by atoms with Crippen molar-refractivity contribution in [1.82, 2.24) is 4.98 Å². The first-order valence-electron chi connectivity index (χ1n) is 7.34. The summed E-state index contributed by atoms with van der Waals surface area (Å²) in [4.78, 5) is 4.04. The number of nitrogens with zero attached hydrogens (tertiary/aromatic N) is 1. The quantitative estimate of drug-likeness (QED) is 0.877. The molecular formula is C16H26N2O. The lowest BCUT2D eigenvalue weighted by atomic mass is 9.64. The van der Waals surface area contributed by atoms with Gasteiger partial charge in [-0.1, -0.05) is 26.7 Å². The Morgan fingerprint density at radius 2 is 2.05 bits per heavy atom. The van der Waals surface area contributed by atoms with E-state index in [2.05, 4.69) is 18.8 Å². The smallest absolute Gasteiger partial charge is 0.0654 e. The number of rotatable bonds is 4. The van der Waals surface area contributed by atoms with Crippen LogP contribution in [-0.2, 0) is 0 Å². The molecule has 106 valence electrons.